The van der Waals surface area contributed by atoms with Gasteiger partial charge in [0.25, 0.3) is 0 Å². The Morgan fingerprint density at radius 3 is 2.02 bits per heavy atom. The third-order valence-corrected chi connectivity index (χ3v) is 8.76. The molecule has 0 bridgehead atoms. The number of hydrogen-bond acceptors (Lipinski definition) is 5. The lowest BCUT2D eigenvalue weighted by atomic mass is 10.0. The Bertz CT molecular complexity index is 1670. The summed E-state index contributed by atoms with van der Waals surface area (Å²) in [6.07, 6.45) is 24.4. The lowest BCUT2D eigenvalue weighted by molar-refractivity contribution is -0.696. The number of carbonyl (C=O) groups is 1. The number of ether oxygens (including phenoxy) is 2. The monoisotopic (exact) mass is 647 g/mol. The molecule has 0 N–H and O–H groups in total. The van der Waals surface area contributed by atoms with Gasteiger partial charge in [-0.25, -0.2) is 9.13 Å². The van der Waals surface area contributed by atoms with Gasteiger partial charge in [-0.15, -0.1) is 0 Å². The minimum Gasteiger partial charge on any atom is -0.483 e. The van der Waals surface area contributed by atoms with Crippen LogP contribution in [0.3, 0.4) is 0 Å². The van der Waals surface area contributed by atoms with E-state index >= 15 is 0 Å². The molecule has 48 heavy (non-hydrogen) atoms. The summed E-state index contributed by atoms with van der Waals surface area (Å²) in [5, 5.41) is 1.93. The lowest BCUT2D eigenvalue weighted by Gasteiger charge is -2.14. The van der Waals surface area contributed by atoms with E-state index < -0.39 is 0 Å². The number of rotatable bonds is 22. The third-order valence-electron chi connectivity index (χ3n) is 8.76. The van der Waals surface area contributed by atoms with Crippen molar-refractivity contribution in [2.75, 3.05) is 0 Å². The molecule has 252 valence electrons. The van der Waals surface area contributed by atoms with Crippen molar-refractivity contribution in [2.45, 2.75) is 110 Å². The summed E-state index contributed by atoms with van der Waals surface area (Å²) in [6, 6.07) is 21.3. The maximum Gasteiger partial charge on any atom is 0.243 e. The number of benzene rings is 2. The van der Waals surface area contributed by atoms with Crippen molar-refractivity contribution in [3.05, 3.63) is 115 Å². The second-order valence-electron chi connectivity index (χ2n) is 12.7. The number of ketones is 1. The lowest BCUT2D eigenvalue weighted by Crippen LogP contribution is -2.30. The average Bonchev–Trinajstić information content (AvgIpc) is 3.58. The standard InChI is InChI=1S/C41H51N4O3/c1-2-3-4-5-6-7-8-15-24-44-26-27-45(33-44)25-16-9-10-19-39(46)35-21-20-34-29-40(47-31-37-17-11-13-22-42-37)41(30-36(34)28-35)48-32-38-18-12-14-23-43-38/h11-14,17-18,20-23,26-30,33H,2-10,15-16,19,24-25,31-32H2,1H3/q+1. The zero-order chi connectivity index (χ0) is 33.2. The van der Waals surface area contributed by atoms with Crippen LogP contribution in [-0.2, 0) is 26.3 Å². The fourth-order valence-corrected chi connectivity index (χ4v) is 5.96. The molecule has 7 nitrogen and oxygen atoms in total. The molecule has 0 radical (unpaired) electrons. The van der Waals surface area contributed by atoms with E-state index in [1.807, 2.05) is 66.7 Å². The van der Waals surface area contributed by atoms with Gasteiger partial charge in [-0.1, -0.05) is 69.7 Å². The highest BCUT2D eigenvalue weighted by molar-refractivity contribution is 6.00. The van der Waals surface area contributed by atoms with Gasteiger partial charge in [0.15, 0.2) is 17.3 Å². The summed E-state index contributed by atoms with van der Waals surface area (Å²) in [5.41, 5.74) is 2.39. The number of aryl methyl sites for hydroxylation is 2. The SMILES string of the molecule is CCCCCCCCCCn1cc[n+](CCCCCC(=O)c2ccc3cc(OCc4ccccn4)c(OCc4ccccn4)cc3c2)c1. The normalized spacial score (nSPS) is 11.2. The highest BCUT2D eigenvalue weighted by atomic mass is 16.5. The van der Waals surface area contributed by atoms with Gasteiger partial charge in [0.2, 0.25) is 6.33 Å². The fourth-order valence-electron chi connectivity index (χ4n) is 5.96. The summed E-state index contributed by atoms with van der Waals surface area (Å²) in [4.78, 5) is 21.9. The van der Waals surface area contributed by atoms with Crippen LogP contribution in [0.4, 0.5) is 0 Å². The zero-order valence-corrected chi connectivity index (χ0v) is 28.6. The number of carbonyl (C=O) groups excluding carboxylic acids is 1. The van der Waals surface area contributed by atoms with E-state index in [0.717, 1.165) is 60.1 Å². The molecule has 5 aromatic rings. The van der Waals surface area contributed by atoms with Crippen LogP contribution >= 0.6 is 0 Å². The van der Waals surface area contributed by atoms with Crippen LogP contribution in [0, 0.1) is 0 Å². The van der Waals surface area contributed by atoms with Crippen LogP contribution in [0.15, 0.2) is 97.8 Å². The molecule has 0 saturated carbocycles. The first-order valence-electron chi connectivity index (χ1n) is 17.9. The van der Waals surface area contributed by atoms with E-state index in [-0.39, 0.29) is 5.78 Å². The quantitative estimate of drug-likeness (QED) is 0.0425. The van der Waals surface area contributed by atoms with Crippen molar-refractivity contribution in [3.8, 4) is 11.5 Å². The van der Waals surface area contributed by atoms with Crippen molar-refractivity contribution in [2.24, 2.45) is 0 Å². The molecular weight excluding hydrogens is 596 g/mol. The maximum absolute atomic E-state index is 13.2. The van der Waals surface area contributed by atoms with Gasteiger partial charge in [-0.3, -0.25) is 14.8 Å². The number of unbranched alkanes of at least 4 members (excludes halogenated alkanes) is 9. The van der Waals surface area contributed by atoms with Crippen molar-refractivity contribution >= 4 is 16.6 Å². The highest BCUT2D eigenvalue weighted by Crippen LogP contribution is 2.34. The topological polar surface area (TPSA) is 70.1 Å². The van der Waals surface area contributed by atoms with E-state index in [9.17, 15) is 4.79 Å². The van der Waals surface area contributed by atoms with Crippen LogP contribution in [0.1, 0.15) is 106 Å². The summed E-state index contributed by atoms with van der Waals surface area (Å²) in [5.74, 6) is 1.41. The molecule has 0 spiro atoms. The molecule has 0 aliphatic rings. The Hall–Kier alpha value is -4.52. The molecule has 0 aliphatic heterocycles. The molecule has 2 aromatic carbocycles. The van der Waals surface area contributed by atoms with E-state index in [2.05, 4.69) is 44.7 Å². The van der Waals surface area contributed by atoms with E-state index in [1.54, 1.807) is 12.4 Å². The Labute approximate surface area is 286 Å². The Kier molecular flexibility index (Phi) is 14.0. The van der Waals surface area contributed by atoms with Gasteiger partial charge in [0.05, 0.1) is 24.5 Å². The van der Waals surface area contributed by atoms with Crippen molar-refractivity contribution in [1.29, 1.82) is 0 Å². The molecule has 0 amide bonds. The van der Waals surface area contributed by atoms with Gasteiger partial charge in [-0.05, 0) is 85.3 Å². The molecule has 5 rings (SSSR count). The largest absolute Gasteiger partial charge is 0.483 e. The van der Waals surface area contributed by atoms with E-state index in [0.29, 0.717) is 31.1 Å². The average molecular weight is 648 g/mol. The van der Waals surface area contributed by atoms with Gasteiger partial charge in [0.1, 0.15) is 25.6 Å². The Morgan fingerprint density at radius 1 is 0.708 bits per heavy atom. The third kappa shape index (κ3) is 11.3. The molecule has 0 aliphatic carbocycles. The summed E-state index contributed by atoms with van der Waals surface area (Å²) < 4.78 is 17.0. The van der Waals surface area contributed by atoms with Crippen LogP contribution in [0.25, 0.3) is 10.8 Å². The van der Waals surface area contributed by atoms with Crippen molar-refractivity contribution in [3.63, 3.8) is 0 Å². The van der Waals surface area contributed by atoms with Gasteiger partial charge >= 0.3 is 0 Å². The zero-order valence-electron chi connectivity index (χ0n) is 28.6. The van der Waals surface area contributed by atoms with Gasteiger partial charge in [0, 0.05) is 24.4 Å². The minimum absolute atomic E-state index is 0.174. The molecule has 0 saturated heterocycles. The number of hydrogen-bond donors (Lipinski definition) is 0. The predicted molar refractivity (Wildman–Crippen MR) is 191 cm³/mol. The van der Waals surface area contributed by atoms with Gasteiger partial charge in [-0.2, -0.15) is 0 Å². The molecule has 0 atom stereocenters. The van der Waals surface area contributed by atoms with Crippen LogP contribution in [0.5, 0.6) is 11.5 Å². The Morgan fingerprint density at radius 2 is 1.35 bits per heavy atom. The fraction of sp³-hybridized carbons (Fsp3) is 0.415. The maximum atomic E-state index is 13.2. The first kappa shape index (κ1) is 34.8. The molecule has 3 aromatic heterocycles. The molecule has 3 heterocycles. The number of Topliss-reactive ketones (excluding diaryl/α,β-unsaturated/α-hetero) is 1. The Balaban J connectivity index is 1.09. The summed E-state index contributed by atoms with van der Waals surface area (Å²) >= 11 is 0. The molecule has 0 fully saturated rings. The van der Waals surface area contributed by atoms with E-state index in [1.165, 1.54) is 51.4 Å². The van der Waals surface area contributed by atoms with Crippen molar-refractivity contribution < 1.29 is 18.8 Å². The summed E-state index contributed by atoms with van der Waals surface area (Å²) in [7, 11) is 0. The first-order valence-corrected chi connectivity index (χ1v) is 17.9. The number of aromatic nitrogens is 4. The van der Waals surface area contributed by atoms with Crippen molar-refractivity contribution in [1.82, 2.24) is 14.5 Å². The number of imidazole rings is 1. The summed E-state index contributed by atoms with van der Waals surface area (Å²) in [6.45, 7) is 4.99. The van der Waals surface area contributed by atoms with Crippen LogP contribution in [0.2, 0.25) is 0 Å². The minimum atomic E-state index is 0.174. The molecule has 7 heteroatoms. The molecule has 0 unspecified atom stereocenters. The predicted octanol–water partition coefficient (Wildman–Crippen LogP) is 9.46. The second kappa shape index (κ2) is 19.3. The van der Waals surface area contributed by atoms with Crippen LogP contribution in [-0.4, -0.2) is 20.3 Å². The highest BCUT2D eigenvalue weighted by Gasteiger charge is 2.13. The van der Waals surface area contributed by atoms with Crippen LogP contribution < -0.4 is 14.0 Å². The number of fused-ring (bicyclic) bond motifs is 1. The van der Waals surface area contributed by atoms with Gasteiger partial charge < -0.3 is 9.47 Å². The first-order chi connectivity index (χ1) is 23.7. The second-order valence-corrected chi connectivity index (χ2v) is 12.7. The van der Waals surface area contributed by atoms with E-state index in [4.69, 9.17) is 9.47 Å². The molecular formula is C41H51N4O3+. The smallest absolute Gasteiger partial charge is 0.243 e. The number of pyridine rings is 2. The number of nitrogens with zero attached hydrogens (tertiary/aromatic N) is 4.